The Labute approximate surface area is 173 Å². The number of thiazole rings is 1. The van der Waals surface area contributed by atoms with Crippen LogP contribution in [0.15, 0.2) is 42.5 Å². The largest absolute Gasteiger partial charge is 0.494 e. The van der Waals surface area contributed by atoms with Gasteiger partial charge in [0.25, 0.3) is 5.91 Å². The molecule has 6 nitrogen and oxygen atoms in total. The van der Waals surface area contributed by atoms with Crippen LogP contribution in [-0.4, -0.2) is 27.3 Å². The molecule has 0 radical (unpaired) electrons. The predicted octanol–water partition coefficient (Wildman–Crippen LogP) is 5.06. The number of fused-ring (bicyclic) bond motifs is 1. The molecule has 0 aliphatic rings. The molecular weight excluding hydrogens is 384 g/mol. The summed E-state index contributed by atoms with van der Waals surface area (Å²) in [6.07, 6.45) is 0. The van der Waals surface area contributed by atoms with Crippen LogP contribution in [0.3, 0.4) is 0 Å². The molecule has 0 unspecified atom stereocenters. The molecule has 0 fully saturated rings. The molecule has 0 spiro atoms. The molecule has 29 heavy (non-hydrogen) atoms. The zero-order chi connectivity index (χ0) is 20.5. The molecule has 4 aromatic rings. The van der Waals surface area contributed by atoms with Crippen molar-refractivity contribution >= 4 is 33.3 Å². The normalized spacial score (nSPS) is 11.0. The number of amides is 1. The van der Waals surface area contributed by atoms with Crippen molar-refractivity contribution in [1.82, 2.24) is 14.8 Å². The van der Waals surface area contributed by atoms with Crippen LogP contribution in [0, 0.1) is 20.8 Å². The van der Waals surface area contributed by atoms with Gasteiger partial charge in [0.2, 0.25) is 5.13 Å². The van der Waals surface area contributed by atoms with E-state index in [1.165, 1.54) is 5.56 Å². The van der Waals surface area contributed by atoms with Crippen molar-refractivity contribution in [2.75, 3.05) is 11.9 Å². The lowest BCUT2D eigenvalue weighted by atomic mass is 10.1. The van der Waals surface area contributed by atoms with E-state index in [4.69, 9.17) is 9.72 Å². The molecule has 0 saturated heterocycles. The summed E-state index contributed by atoms with van der Waals surface area (Å²) in [7, 11) is 0. The lowest BCUT2D eigenvalue weighted by molar-refractivity contribution is 0.102. The van der Waals surface area contributed by atoms with E-state index in [0.29, 0.717) is 18.0 Å². The first-order valence-electron chi connectivity index (χ1n) is 9.43. The van der Waals surface area contributed by atoms with Gasteiger partial charge >= 0.3 is 0 Å². The van der Waals surface area contributed by atoms with Crippen molar-refractivity contribution in [2.45, 2.75) is 27.7 Å². The Balaban J connectivity index is 1.65. The van der Waals surface area contributed by atoms with Gasteiger partial charge in [-0.3, -0.25) is 4.79 Å². The summed E-state index contributed by atoms with van der Waals surface area (Å²) in [6.45, 7) is 8.54. The lowest BCUT2D eigenvalue weighted by Gasteiger charge is -2.07. The minimum Gasteiger partial charge on any atom is -0.494 e. The number of hydrogen-bond acceptors (Lipinski definition) is 5. The van der Waals surface area contributed by atoms with Gasteiger partial charge in [-0.1, -0.05) is 17.4 Å². The van der Waals surface area contributed by atoms with E-state index in [-0.39, 0.29) is 5.91 Å². The smallest absolute Gasteiger partial charge is 0.256 e. The second-order valence-corrected chi connectivity index (χ2v) is 7.93. The second-order valence-electron chi connectivity index (χ2n) is 6.92. The first-order valence-corrected chi connectivity index (χ1v) is 10.3. The second kappa shape index (κ2) is 7.67. The number of anilines is 1. The van der Waals surface area contributed by atoms with Crippen molar-refractivity contribution in [3.8, 4) is 10.9 Å². The first-order chi connectivity index (χ1) is 13.9. The summed E-state index contributed by atoms with van der Waals surface area (Å²) in [5.74, 6) is 1.13. The highest BCUT2D eigenvalue weighted by atomic mass is 32.1. The molecule has 0 bridgehead atoms. The van der Waals surface area contributed by atoms with Gasteiger partial charge in [-0.15, -0.1) is 0 Å². The van der Waals surface area contributed by atoms with Gasteiger partial charge in [-0.05, 0) is 69.2 Å². The van der Waals surface area contributed by atoms with E-state index in [1.807, 2.05) is 19.9 Å². The van der Waals surface area contributed by atoms with Gasteiger partial charge in [0.15, 0.2) is 0 Å². The molecule has 2 aromatic heterocycles. The third kappa shape index (κ3) is 3.86. The van der Waals surface area contributed by atoms with E-state index in [9.17, 15) is 4.79 Å². The summed E-state index contributed by atoms with van der Waals surface area (Å²) in [5.41, 5.74) is 4.65. The number of rotatable bonds is 5. The molecule has 7 heteroatoms. The van der Waals surface area contributed by atoms with Crippen molar-refractivity contribution in [1.29, 1.82) is 0 Å². The third-order valence-electron chi connectivity index (χ3n) is 4.50. The zero-order valence-corrected chi connectivity index (χ0v) is 17.6. The van der Waals surface area contributed by atoms with E-state index < -0.39 is 0 Å². The van der Waals surface area contributed by atoms with Gasteiger partial charge in [-0.2, -0.15) is 9.78 Å². The number of benzene rings is 2. The van der Waals surface area contributed by atoms with Crippen molar-refractivity contribution in [3.05, 3.63) is 64.8 Å². The topological polar surface area (TPSA) is 69.0 Å². The third-order valence-corrected chi connectivity index (χ3v) is 5.48. The summed E-state index contributed by atoms with van der Waals surface area (Å²) < 4.78 is 8.23. The molecule has 1 N–H and O–H groups in total. The van der Waals surface area contributed by atoms with Crippen LogP contribution >= 0.6 is 11.3 Å². The summed E-state index contributed by atoms with van der Waals surface area (Å²) in [4.78, 5) is 17.5. The molecule has 0 aliphatic heterocycles. The Morgan fingerprint density at radius 1 is 1.14 bits per heavy atom. The fraction of sp³-hybridized carbons (Fsp3) is 0.227. The molecule has 0 saturated carbocycles. The number of nitrogens with zero attached hydrogens (tertiary/aromatic N) is 3. The summed E-state index contributed by atoms with van der Waals surface area (Å²) in [6, 6.07) is 13.2. The van der Waals surface area contributed by atoms with Gasteiger partial charge in [0.1, 0.15) is 11.6 Å². The predicted molar refractivity (Wildman–Crippen MR) is 117 cm³/mol. The molecular formula is C22H22N4O2S. The maximum atomic E-state index is 12.7. The van der Waals surface area contributed by atoms with Crippen LogP contribution in [0.2, 0.25) is 0 Å². The Hall–Kier alpha value is -3.19. The number of ether oxygens (including phenoxy) is 1. The number of aryl methyl sites for hydroxylation is 3. The van der Waals surface area contributed by atoms with Crippen molar-refractivity contribution in [3.63, 3.8) is 0 Å². The van der Waals surface area contributed by atoms with E-state index >= 15 is 0 Å². The van der Waals surface area contributed by atoms with Crippen LogP contribution < -0.4 is 10.1 Å². The monoisotopic (exact) mass is 406 g/mol. The SMILES string of the molecule is CCOc1ccc(C(=O)Nc2cc(C)nn2-c2nc3c(C)cc(C)cc3s2)cc1. The standard InChI is InChI=1S/C22H22N4O2S/c1-5-28-17-8-6-16(7-9-17)21(27)23-19-12-15(4)25-26(19)22-24-20-14(3)10-13(2)11-18(20)29-22/h6-12H,5H2,1-4H3,(H,23,27). The average Bonchev–Trinajstić information content (AvgIpc) is 3.26. The molecule has 4 rings (SSSR count). The maximum absolute atomic E-state index is 12.7. The Kier molecular flexibility index (Phi) is 5.07. The van der Waals surface area contributed by atoms with Crippen LogP contribution in [0.25, 0.3) is 15.3 Å². The number of carbonyl (C=O) groups excluding carboxylic acids is 1. The fourth-order valence-corrected chi connectivity index (χ4v) is 4.35. The van der Waals surface area contributed by atoms with Gasteiger partial charge < -0.3 is 10.1 Å². The molecule has 1 amide bonds. The van der Waals surface area contributed by atoms with Gasteiger partial charge in [-0.25, -0.2) is 4.98 Å². The highest BCUT2D eigenvalue weighted by Crippen LogP contribution is 2.30. The molecule has 2 aromatic carbocycles. The minimum atomic E-state index is -0.206. The quantitative estimate of drug-likeness (QED) is 0.503. The Bertz CT molecular complexity index is 1190. The molecule has 0 atom stereocenters. The minimum absolute atomic E-state index is 0.206. The fourth-order valence-electron chi connectivity index (χ4n) is 3.24. The number of carbonyl (C=O) groups is 1. The first kappa shape index (κ1) is 19.1. The highest BCUT2D eigenvalue weighted by molar-refractivity contribution is 7.20. The number of nitrogens with one attached hydrogen (secondary N) is 1. The molecule has 0 aliphatic carbocycles. The number of aromatic nitrogens is 3. The van der Waals surface area contributed by atoms with E-state index in [2.05, 4.69) is 36.4 Å². The van der Waals surface area contributed by atoms with Gasteiger partial charge in [0, 0.05) is 11.6 Å². The van der Waals surface area contributed by atoms with Crippen LogP contribution in [0.1, 0.15) is 34.1 Å². The maximum Gasteiger partial charge on any atom is 0.256 e. The molecule has 2 heterocycles. The highest BCUT2D eigenvalue weighted by Gasteiger charge is 2.16. The van der Waals surface area contributed by atoms with Crippen LogP contribution in [-0.2, 0) is 0 Å². The zero-order valence-electron chi connectivity index (χ0n) is 16.8. The molecule has 148 valence electrons. The number of hydrogen-bond donors (Lipinski definition) is 1. The summed E-state index contributed by atoms with van der Waals surface area (Å²) >= 11 is 1.56. The van der Waals surface area contributed by atoms with Crippen molar-refractivity contribution in [2.24, 2.45) is 0 Å². The Morgan fingerprint density at radius 3 is 2.62 bits per heavy atom. The van der Waals surface area contributed by atoms with E-state index in [0.717, 1.165) is 32.4 Å². The summed E-state index contributed by atoms with van der Waals surface area (Å²) in [5, 5.41) is 8.22. The van der Waals surface area contributed by atoms with Crippen LogP contribution in [0.5, 0.6) is 5.75 Å². The van der Waals surface area contributed by atoms with Crippen molar-refractivity contribution < 1.29 is 9.53 Å². The Morgan fingerprint density at radius 2 is 1.90 bits per heavy atom. The average molecular weight is 407 g/mol. The lowest BCUT2D eigenvalue weighted by Crippen LogP contribution is -2.15. The van der Waals surface area contributed by atoms with Gasteiger partial charge in [0.05, 0.1) is 22.5 Å². The van der Waals surface area contributed by atoms with Crippen LogP contribution in [0.4, 0.5) is 5.82 Å². The van der Waals surface area contributed by atoms with E-state index in [1.54, 1.807) is 40.3 Å².